The number of hydrogen-bond donors (Lipinski definition) is 1. The summed E-state index contributed by atoms with van der Waals surface area (Å²) in [6, 6.07) is 22.0. The predicted octanol–water partition coefficient (Wildman–Crippen LogP) is 3.81. The van der Waals surface area contributed by atoms with Gasteiger partial charge in [-0.2, -0.15) is 0 Å². The van der Waals surface area contributed by atoms with E-state index in [9.17, 15) is 9.59 Å². The van der Waals surface area contributed by atoms with Gasteiger partial charge in [0, 0.05) is 18.6 Å². The zero-order valence-electron chi connectivity index (χ0n) is 17.3. The molecule has 1 N–H and O–H groups in total. The molecule has 1 amide bonds. The van der Waals surface area contributed by atoms with Crippen molar-refractivity contribution in [2.45, 2.75) is 6.54 Å². The van der Waals surface area contributed by atoms with E-state index in [4.69, 9.17) is 0 Å². The minimum atomic E-state index is -0.224. The van der Waals surface area contributed by atoms with Crippen LogP contribution in [0.1, 0.15) is 16.2 Å². The lowest BCUT2D eigenvalue weighted by Gasteiger charge is -2.18. The summed E-state index contributed by atoms with van der Waals surface area (Å²) in [6.07, 6.45) is 1.70. The van der Waals surface area contributed by atoms with Crippen molar-refractivity contribution in [2.75, 3.05) is 7.05 Å². The van der Waals surface area contributed by atoms with Crippen molar-refractivity contribution < 1.29 is 4.79 Å². The molecule has 0 radical (unpaired) electrons. The Kier molecular flexibility index (Phi) is 4.91. The van der Waals surface area contributed by atoms with Gasteiger partial charge in [0.05, 0.1) is 39.9 Å². The van der Waals surface area contributed by atoms with E-state index in [1.54, 1.807) is 37.5 Å². The zero-order chi connectivity index (χ0) is 22.1. The topological polar surface area (TPSA) is 91.8 Å². The molecule has 0 unspecified atom stereocenters. The summed E-state index contributed by atoms with van der Waals surface area (Å²) < 4.78 is 0. The molecule has 0 aliphatic rings. The molecule has 7 heteroatoms. The quantitative estimate of drug-likeness (QED) is 0.476. The number of nitrogens with one attached hydrogen (secondary N) is 1. The van der Waals surface area contributed by atoms with Gasteiger partial charge in [0.15, 0.2) is 0 Å². The SMILES string of the molecule is CN(Cc1nc2ccccc2c(=O)[nH]1)C(=O)c1cc(-c2ccccn2)nc2ccccc12. The maximum atomic E-state index is 13.5. The van der Waals surface area contributed by atoms with Gasteiger partial charge < -0.3 is 9.88 Å². The van der Waals surface area contributed by atoms with Gasteiger partial charge in [-0.05, 0) is 36.4 Å². The molecule has 0 fully saturated rings. The third kappa shape index (κ3) is 3.60. The highest BCUT2D eigenvalue weighted by molar-refractivity contribution is 6.07. The molecular weight excluding hydrogens is 402 g/mol. The van der Waals surface area contributed by atoms with Crippen LogP contribution in [0.5, 0.6) is 0 Å². The first-order valence-electron chi connectivity index (χ1n) is 10.1. The Hall–Kier alpha value is -4.39. The summed E-state index contributed by atoms with van der Waals surface area (Å²) in [6.45, 7) is 0.161. The van der Waals surface area contributed by atoms with Gasteiger partial charge in [-0.3, -0.25) is 14.6 Å². The molecule has 32 heavy (non-hydrogen) atoms. The van der Waals surface area contributed by atoms with Crippen molar-refractivity contribution in [1.82, 2.24) is 24.8 Å². The molecule has 0 saturated heterocycles. The predicted molar refractivity (Wildman–Crippen MR) is 123 cm³/mol. The highest BCUT2D eigenvalue weighted by Gasteiger charge is 2.19. The second-order valence-electron chi connectivity index (χ2n) is 7.48. The Labute approximate surface area is 183 Å². The minimum absolute atomic E-state index is 0.161. The molecule has 0 aliphatic carbocycles. The number of para-hydroxylation sites is 2. The maximum absolute atomic E-state index is 13.5. The summed E-state index contributed by atoms with van der Waals surface area (Å²) >= 11 is 0. The fourth-order valence-corrected chi connectivity index (χ4v) is 3.71. The average Bonchev–Trinajstić information content (AvgIpc) is 2.83. The molecule has 156 valence electrons. The van der Waals surface area contributed by atoms with Gasteiger partial charge in [-0.15, -0.1) is 0 Å². The first kappa shape index (κ1) is 19.6. The Morgan fingerprint density at radius 1 is 0.875 bits per heavy atom. The second-order valence-corrected chi connectivity index (χ2v) is 7.48. The number of pyridine rings is 2. The van der Waals surface area contributed by atoms with Crippen molar-refractivity contribution in [3.8, 4) is 11.4 Å². The number of benzene rings is 2. The number of nitrogens with zero attached hydrogens (tertiary/aromatic N) is 4. The lowest BCUT2D eigenvalue weighted by atomic mass is 10.0. The fourth-order valence-electron chi connectivity index (χ4n) is 3.71. The molecular formula is C25H19N5O2. The lowest BCUT2D eigenvalue weighted by molar-refractivity contribution is 0.0783. The van der Waals surface area contributed by atoms with Gasteiger partial charge in [0.2, 0.25) is 0 Å². The molecule has 7 nitrogen and oxygen atoms in total. The normalized spacial score (nSPS) is 11.0. The molecule has 0 spiro atoms. The summed E-state index contributed by atoms with van der Waals surface area (Å²) in [5.74, 6) is 0.226. The van der Waals surface area contributed by atoms with E-state index in [0.717, 1.165) is 5.39 Å². The van der Waals surface area contributed by atoms with E-state index >= 15 is 0 Å². The number of aromatic amines is 1. The summed E-state index contributed by atoms with van der Waals surface area (Å²) in [5.41, 5.74) is 2.91. The molecule has 0 atom stereocenters. The molecule has 5 aromatic rings. The van der Waals surface area contributed by atoms with E-state index < -0.39 is 0 Å². The van der Waals surface area contributed by atoms with E-state index in [2.05, 4.69) is 19.9 Å². The minimum Gasteiger partial charge on any atom is -0.334 e. The Morgan fingerprint density at radius 2 is 1.56 bits per heavy atom. The number of carbonyl (C=O) groups is 1. The largest absolute Gasteiger partial charge is 0.334 e. The molecule has 3 aromatic heterocycles. The van der Waals surface area contributed by atoms with Crippen LogP contribution in [-0.4, -0.2) is 37.8 Å². The van der Waals surface area contributed by atoms with Crippen LogP contribution in [0.15, 0.2) is 83.8 Å². The third-order valence-corrected chi connectivity index (χ3v) is 5.27. The van der Waals surface area contributed by atoms with Crippen LogP contribution in [0.4, 0.5) is 0 Å². The highest BCUT2D eigenvalue weighted by Crippen LogP contribution is 2.25. The van der Waals surface area contributed by atoms with Crippen LogP contribution in [-0.2, 0) is 6.54 Å². The van der Waals surface area contributed by atoms with Crippen molar-refractivity contribution in [3.63, 3.8) is 0 Å². The Balaban J connectivity index is 1.53. The van der Waals surface area contributed by atoms with Crippen molar-refractivity contribution >= 4 is 27.7 Å². The maximum Gasteiger partial charge on any atom is 0.258 e. The van der Waals surface area contributed by atoms with E-state index in [0.29, 0.717) is 39.2 Å². The first-order valence-corrected chi connectivity index (χ1v) is 10.1. The number of aromatic nitrogens is 4. The molecule has 0 aliphatic heterocycles. The van der Waals surface area contributed by atoms with Gasteiger partial charge >= 0.3 is 0 Å². The third-order valence-electron chi connectivity index (χ3n) is 5.27. The monoisotopic (exact) mass is 421 g/mol. The number of fused-ring (bicyclic) bond motifs is 2. The summed E-state index contributed by atoms with van der Waals surface area (Å²) in [4.78, 5) is 43.7. The summed E-state index contributed by atoms with van der Waals surface area (Å²) in [7, 11) is 1.69. The van der Waals surface area contributed by atoms with Crippen LogP contribution in [0.25, 0.3) is 33.2 Å². The van der Waals surface area contributed by atoms with Crippen molar-refractivity contribution in [1.29, 1.82) is 0 Å². The van der Waals surface area contributed by atoms with Crippen molar-refractivity contribution in [3.05, 3.63) is 101 Å². The van der Waals surface area contributed by atoms with Crippen LogP contribution in [0, 0.1) is 0 Å². The van der Waals surface area contributed by atoms with Crippen molar-refractivity contribution in [2.24, 2.45) is 0 Å². The van der Waals surface area contributed by atoms with Gasteiger partial charge in [-0.1, -0.05) is 36.4 Å². The van der Waals surface area contributed by atoms with Gasteiger partial charge in [0.25, 0.3) is 11.5 Å². The molecule has 0 bridgehead atoms. The number of amides is 1. The average molecular weight is 421 g/mol. The number of carbonyl (C=O) groups excluding carboxylic acids is 1. The smallest absolute Gasteiger partial charge is 0.258 e. The van der Waals surface area contributed by atoms with Crippen LogP contribution < -0.4 is 5.56 Å². The Morgan fingerprint density at radius 3 is 2.31 bits per heavy atom. The molecule has 5 rings (SSSR count). The summed E-state index contributed by atoms with van der Waals surface area (Å²) in [5, 5.41) is 1.27. The highest BCUT2D eigenvalue weighted by atomic mass is 16.2. The molecule has 0 saturated carbocycles. The molecule has 2 aromatic carbocycles. The van der Waals surface area contributed by atoms with Gasteiger partial charge in [-0.25, -0.2) is 9.97 Å². The number of hydrogen-bond acceptors (Lipinski definition) is 5. The van der Waals surface area contributed by atoms with E-state index in [1.807, 2.05) is 48.5 Å². The Bertz CT molecular complexity index is 1510. The molecule has 3 heterocycles. The lowest BCUT2D eigenvalue weighted by Crippen LogP contribution is -2.28. The zero-order valence-corrected chi connectivity index (χ0v) is 17.3. The van der Waals surface area contributed by atoms with Crippen LogP contribution in [0.2, 0.25) is 0 Å². The van der Waals surface area contributed by atoms with Gasteiger partial charge in [0.1, 0.15) is 5.82 Å². The first-order chi connectivity index (χ1) is 15.6. The second kappa shape index (κ2) is 8.03. The number of H-pyrrole nitrogens is 1. The fraction of sp³-hybridized carbons (Fsp3) is 0.0800. The van der Waals surface area contributed by atoms with E-state index in [-0.39, 0.29) is 18.0 Å². The van der Waals surface area contributed by atoms with Crippen LogP contribution in [0.3, 0.4) is 0 Å². The van der Waals surface area contributed by atoms with E-state index in [1.165, 1.54) is 4.90 Å². The standard InChI is InChI=1S/C25H19N5O2/c1-30(15-23-28-20-11-5-3-9-17(20)24(31)29-23)25(32)18-14-22(21-12-6-7-13-26-21)27-19-10-4-2-8-16(18)19/h2-14H,15H2,1H3,(H,28,29,31). The number of rotatable bonds is 4. The van der Waals surface area contributed by atoms with Crippen LogP contribution >= 0.6 is 0 Å².